The fourth-order valence-electron chi connectivity index (χ4n) is 2.68. The van der Waals surface area contributed by atoms with Gasteiger partial charge in [-0.05, 0) is 44.0 Å². The molecule has 0 saturated carbocycles. The predicted molar refractivity (Wildman–Crippen MR) is 81.6 cm³/mol. The lowest BCUT2D eigenvalue weighted by atomic mass is 10.1. The Hall–Kier alpha value is -0.910. The summed E-state index contributed by atoms with van der Waals surface area (Å²) >= 11 is 3.46. The van der Waals surface area contributed by atoms with Gasteiger partial charge in [0.1, 0.15) is 5.52 Å². The number of likely N-dealkylation sites (tertiary alicyclic amines) is 1. The van der Waals surface area contributed by atoms with Crippen molar-refractivity contribution in [3.63, 3.8) is 0 Å². The highest BCUT2D eigenvalue weighted by Crippen LogP contribution is 2.23. The van der Waals surface area contributed by atoms with Gasteiger partial charge >= 0.3 is 0 Å². The maximum atomic E-state index is 5.80. The zero-order chi connectivity index (χ0) is 13.9. The smallest absolute Gasteiger partial charge is 0.209 e. The Morgan fingerprint density at radius 2 is 2.40 bits per heavy atom. The van der Waals surface area contributed by atoms with Crippen molar-refractivity contribution >= 4 is 27.0 Å². The normalized spacial score (nSPS) is 20.0. The second-order valence-corrected chi connectivity index (χ2v) is 6.18. The molecular weight excluding hydrogens is 320 g/mol. The van der Waals surface area contributed by atoms with Gasteiger partial charge in [-0.2, -0.15) is 0 Å². The molecule has 20 heavy (non-hydrogen) atoms. The molecule has 1 aliphatic rings. The van der Waals surface area contributed by atoms with Crippen molar-refractivity contribution in [2.45, 2.75) is 19.9 Å². The first kappa shape index (κ1) is 14.0. The molecule has 0 unspecified atom stereocenters. The molecule has 1 saturated heterocycles. The third kappa shape index (κ3) is 3.22. The average molecular weight is 339 g/mol. The van der Waals surface area contributed by atoms with Crippen LogP contribution in [0.1, 0.15) is 19.2 Å². The Bertz CT molecular complexity index is 584. The summed E-state index contributed by atoms with van der Waals surface area (Å²) < 4.78 is 12.3. The number of fused-ring (bicyclic) bond motifs is 1. The Labute approximate surface area is 127 Å². The molecule has 1 fully saturated rings. The largest absolute Gasteiger partial charge is 0.439 e. The van der Waals surface area contributed by atoms with Crippen molar-refractivity contribution < 1.29 is 9.15 Å². The van der Waals surface area contributed by atoms with Crippen molar-refractivity contribution in [1.29, 1.82) is 0 Å². The van der Waals surface area contributed by atoms with Gasteiger partial charge in [0.05, 0.1) is 13.2 Å². The van der Waals surface area contributed by atoms with E-state index in [9.17, 15) is 0 Å². The first-order valence-corrected chi connectivity index (χ1v) is 7.89. The molecule has 4 nitrogen and oxygen atoms in total. The number of aromatic nitrogens is 1. The molecule has 1 atom stereocenters. The van der Waals surface area contributed by atoms with Crippen LogP contribution in [-0.2, 0) is 11.3 Å². The lowest BCUT2D eigenvalue weighted by Crippen LogP contribution is -2.21. The highest BCUT2D eigenvalue weighted by molar-refractivity contribution is 9.10. The molecule has 0 amide bonds. The Morgan fingerprint density at radius 3 is 3.25 bits per heavy atom. The number of hydrogen-bond donors (Lipinski definition) is 0. The quantitative estimate of drug-likeness (QED) is 0.836. The van der Waals surface area contributed by atoms with Gasteiger partial charge in [-0.1, -0.05) is 15.9 Å². The molecule has 1 aliphatic heterocycles. The Kier molecular flexibility index (Phi) is 4.38. The lowest BCUT2D eigenvalue weighted by Gasteiger charge is -2.13. The van der Waals surface area contributed by atoms with Gasteiger partial charge in [0, 0.05) is 17.6 Å². The molecule has 108 valence electrons. The third-order valence-corrected chi connectivity index (χ3v) is 4.17. The molecule has 0 bridgehead atoms. The first-order chi connectivity index (χ1) is 9.74. The number of oxazole rings is 1. The van der Waals surface area contributed by atoms with Crippen molar-refractivity contribution in [3.05, 3.63) is 28.6 Å². The summed E-state index contributed by atoms with van der Waals surface area (Å²) in [5, 5.41) is 0. The average Bonchev–Trinajstić information content (AvgIpc) is 3.02. The van der Waals surface area contributed by atoms with E-state index in [1.807, 2.05) is 25.1 Å². The van der Waals surface area contributed by atoms with E-state index < -0.39 is 0 Å². The molecule has 1 aromatic carbocycles. The molecule has 2 heterocycles. The van der Waals surface area contributed by atoms with Crippen LogP contribution >= 0.6 is 15.9 Å². The number of rotatable bonds is 5. The fourth-order valence-corrected chi connectivity index (χ4v) is 3.03. The van der Waals surface area contributed by atoms with Gasteiger partial charge in [-0.25, -0.2) is 4.98 Å². The summed E-state index contributed by atoms with van der Waals surface area (Å²) in [6.07, 6.45) is 1.20. The van der Waals surface area contributed by atoms with E-state index in [4.69, 9.17) is 9.15 Å². The van der Waals surface area contributed by atoms with Crippen molar-refractivity contribution in [2.24, 2.45) is 5.92 Å². The summed E-state index contributed by atoms with van der Waals surface area (Å²) in [5.41, 5.74) is 1.77. The maximum absolute atomic E-state index is 5.80. The van der Waals surface area contributed by atoms with Crippen LogP contribution < -0.4 is 0 Å². The van der Waals surface area contributed by atoms with Gasteiger partial charge in [0.2, 0.25) is 5.89 Å². The number of hydrogen-bond acceptors (Lipinski definition) is 4. The minimum absolute atomic E-state index is 0.647. The zero-order valence-corrected chi connectivity index (χ0v) is 13.2. The van der Waals surface area contributed by atoms with E-state index in [0.29, 0.717) is 5.92 Å². The molecule has 0 radical (unpaired) electrons. The topological polar surface area (TPSA) is 38.5 Å². The Morgan fingerprint density at radius 1 is 1.50 bits per heavy atom. The monoisotopic (exact) mass is 338 g/mol. The van der Waals surface area contributed by atoms with Crippen LogP contribution in [0.2, 0.25) is 0 Å². The van der Waals surface area contributed by atoms with E-state index in [1.165, 1.54) is 6.42 Å². The molecule has 5 heteroatoms. The second-order valence-electron chi connectivity index (χ2n) is 5.27. The summed E-state index contributed by atoms with van der Waals surface area (Å²) in [5.74, 6) is 1.45. The minimum atomic E-state index is 0.647. The number of ether oxygens (including phenoxy) is 1. The maximum Gasteiger partial charge on any atom is 0.209 e. The number of nitrogens with zero attached hydrogens (tertiary/aromatic N) is 2. The summed E-state index contributed by atoms with van der Waals surface area (Å²) in [4.78, 5) is 6.95. The van der Waals surface area contributed by atoms with Gasteiger partial charge < -0.3 is 9.15 Å². The molecule has 3 rings (SSSR count). The second kappa shape index (κ2) is 6.24. The van der Waals surface area contributed by atoms with Crippen molar-refractivity contribution in [3.8, 4) is 0 Å². The molecule has 1 aromatic heterocycles. The van der Waals surface area contributed by atoms with Gasteiger partial charge in [0.15, 0.2) is 5.58 Å². The van der Waals surface area contributed by atoms with Crippen LogP contribution in [0.15, 0.2) is 27.1 Å². The van der Waals surface area contributed by atoms with Crippen LogP contribution in [0, 0.1) is 5.92 Å². The minimum Gasteiger partial charge on any atom is -0.439 e. The molecule has 0 N–H and O–H groups in total. The van der Waals surface area contributed by atoms with Crippen LogP contribution in [0.5, 0.6) is 0 Å². The van der Waals surface area contributed by atoms with Crippen LogP contribution in [0.25, 0.3) is 11.1 Å². The van der Waals surface area contributed by atoms with E-state index in [1.54, 1.807) is 0 Å². The Balaban J connectivity index is 1.62. The third-order valence-electron chi connectivity index (χ3n) is 3.68. The zero-order valence-electron chi connectivity index (χ0n) is 11.6. The van der Waals surface area contributed by atoms with Gasteiger partial charge in [-0.15, -0.1) is 0 Å². The van der Waals surface area contributed by atoms with E-state index in [0.717, 1.165) is 54.3 Å². The van der Waals surface area contributed by atoms with Gasteiger partial charge in [-0.3, -0.25) is 4.90 Å². The van der Waals surface area contributed by atoms with Crippen molar-refractivity contribution in [1.82, 2.24) is 9.88 Å². The molecule has 0 spiro atoms. The SMILES string of the molecule is CCOC[C@H]1CCN(Cc2nc3cc(Br)ccc3o2)C1. The fraction of sp³-hybridized carbons (Fsp3) is 0.533. The van der Waals surface area contributed by atoms with Gasteiger partial charge in [0.25, 0.3) is 0 Å². The van der Waals surface area contributed by atoms with E-state index in [-0.39, 0.29) is 0 Å². The van der Waals surface area contributed by atoms with Crippen LogP contribution in [0.3, 0.4) is 0 Å². The molecule has 2 aromatic rings. The highest BCUT2D eigenvalue weighted by atomic mass is 79.9. The van der Waals surface area contributed by atoms with Crippen LogP contribution in [0.4, 0.5) is 0 Å². The van der Waals surface area contributed by atoms with Crippen molar-refractivity contribution in [2.75, 3.05) is 26.3 Å². The lowest BCUT2D eigenvalue weighted by molar-refractivity contribution is 0.111. The summed E-state index contributed by atoms with van der Waals surface area (Å²) in [7, 11) is 0. The first-order valence-electron chi connectivity index (χ1n) is 7.09. The standard InChI is InChI=1S/C15H19BrN2O2/c1-2-19-10-11-5-6-18(8-11)9-15-17-13-7-12(16)3-4-14(13)20-15/h3-4,7,11H,2,5-6,8-10H2,1H3/t11-/m0/s1. The highest BCUT2D eigenvalue weighted by Gasteiger charge is 2.23. The molecular formula is C15H19BrN2O2. The summed E-state index contributed by atoms with van der Waals surface area (Å²) in [6, 6.07) is 5.92. The summed E-state index contributed by atoms with van der Waals surface area (Å²) in [6.45, 7) is 6.67. The predicted octanol–water partition coefficient (Wildman–Crippen LogP) is 3.45. The molecule has 0 aliphatic carbocycles. The van der Waals surface area contributed by atoms with E-state index >= 15 is 0 Å². The van der Waals surface area contributed by atoms with E-state index in [2.05, 4.69) is 25.8 Å². The van der Waals surface area contributed by atoms with Crippen LogP contribution in [-0.4, -0.2) is 36.2 Å². The number of halogens is 1. The number of benzene rings is 1.